The van der Waals surface area contributed by atoms with Crippen LogP contribution < -0.4 is 14.8 Å². The van der Waals surface area contributed by atoms with Crippen molar-refractivity contribution in [2.75, 3.05) is 20.2 Å². The molecule has 2 aromatic carbocycles. The predicted molar refractivity (Wildman–Crippen MR) is 115 cm³/mol. The highest BCUT2D eigenvalue weighted by Gasteiger charge is 2.35. The van der Waals surface area contributed by atoms with Crippen LogP contribution in [-0.4, -0.2) is 48.3 Å². The van der Waals surface area contributed by atoms with Gasteiger partial charge in [0, 0.05) is 18.7 Å². The number of rotatable bonds is 8. The maximum Gasteiger partial charge on any atom is 0.293 e. The summed E-state index contributed by atoms with van der Waals surface area (Å²) in [6.07, 6.45) is 0.577. The van der Waals surface area contributed by atoms with Gasteiger partial charge in [-0.05, 0) is 55.1 Å². The lowest BCUT2D eigenvalue weighted by atomic mass is 10.2. The lowest BCUT2D eigenvalue weighted by Gasteiger charge is -2.17. The Hall–Kier alpha value is -3.33. The molecule has 9 heteroatoms. The highest BCUT2D eigenvalue weighted by molar-refractivity contribution is 8.18. The molecule has 1 N–H and O–H groups in total. The van der Waals surface area contributed by atoms with E-state index in [0.717, 1.165) is 16.7 Å². The quantitative estimate of drug-likeness (QED) is 0.628. The standard InChI is InChI=1S/C22H21FN2O5S/c1-14(30-17-9-7-16(29-2)8-10-17)20(26)24-11-12-25-21(27)19(31-22(25)28)13-15-5-3-4-6-18(15)23/h3-10,13-14H,11-12H2,1-2H3,(H,24,26)/b19-13-/t14-/m0/s1. The van der Waals surface area contributed by atoms with E-state index in [1.54, 1.807) is 50.4 Å². The largest absolute Gasteiger partial charge is 0.497 e. The van der Waals surface area contributed by atoms with Gasteiger partial charge in [-0.1, -0.05) is 18.2 Å². The summed E-state index contributed by atoms with van der Waals surface area (Å²) >= 11 is 0.739. The lowest BCUT2D eigenvalue weighted by molar-refractivity contribution is -0.128. The number of hydrogen-bond donors (Lipinski definition) is 1. The zero-order valence-electron chi connectivity index (χ0n) is 17.0. The van der Waals surface area contributed by atoms with E-state index in [9.17, 15) is 18.8 Å². The first-order chi connectivity index (χ1) is 14.9. The number of amides is 3. The van der Waals surface area contributed by atoms with Crippen molar-refractivity contribution in [3.05, 3.63) is 64.8 Å². The van der Waals surface area contributed by atoms with Gasteiger partial charge >= 0.3 is 0 Å². The van der Waals surface area contributed by atoms with Crippen molar-refractivity contribution >= 4 is 34.9 Å². The Balaban J connectivity index is 1.51. The average molecular weight is 444 g/mol. The smallest absolute Gasteiger partial charge is 0.293 e. The number of imide groups is 1. The van der Waals surface area contributed by atoms with E-state index in [1.165, 1.54) is 18.2 Å². The maximum absolute atomic E-state index is 13.8. The Morgan fingerprint density at radius 3 is 2.52 bits per heavy atom. The van der Waals surface area contributed by atoms with E-state index in [-0.39, 0.29) is 29.5 Å². The summed E-state index contributed by atoms with van der Waals surface area (Å²) in [5.41, 5.74) is 0.228. The molecule has 1 aliphatic heterocycles. The van der Waals surface area contributed by atoms with Crippen molar-refractivity contribution in [1.82, 2.24) is 10.2 Å². The molecule has 1 aliphatic rings. The highest BCUT2D eigenvalue weighted by Crippen LogP contribution is 2.32. The van der Waals surface area contributed by atoms with Crippen LogP contribution in [-0.2, 0) is 9.59 Å². The predicted octanol–water partition coefficient (Wildman–Crippen LogP) is 3.45. The molecular formula is C22H21FN2O5S. The summed E-state index contributed by atoms with van der Waals surface area (Å²) in [7, 11) is 1.55. The lowest BCUT2D eigenvalue weighted by Crippen LogP contribution is -2.41. The molecule has 0 unspecified atom stereocenters. The molecule has 162 valence electrons. The fourth-order valence-electron chi connectivity index (χ4n) is 2.77. The Morgan fingerprint density at radius 1 is 1.16 bits per heavy atom. The van der Waals surface area contributed by atoms with Gasteiger partial charge in [0.15, 0.2) is 6.10 Å². The van der Waals surface area contributed by atoms with Crippen LogP contribution in [0.2, 0.25) is 0 Å². The second kappa shape index (κ2) is 10.1. The van der Waals surface area contributed by atoms with Crippen molar-refractivity contribution in [3.63, 3.8) is 0 Å². The molecular weight excluding hydrogens is 423 g/mol. The summed E-state index contributed by atoms with van der Waals surface area (Å²) in [5.74, 6) is -0.203. The van der Waals surface area contributed by atoms with Crippen LogP contribution in [0, 0.1) is 5.82 Å². The van der Waals surface area contributed by atoms with E-state index < -0.39 is 23.1 Å². The third-order valence-electron chi connectivity index (χ3n) is 4.44. The molecule has 31 heavy (non-hydrogen) atoms. The van der Waals surface area contributed by atoms with E-state index in [4.69, 9.17) is 9.47 Å². The second-order valence-electron chi connectivity index (χ2n) is 6.58. The van der Waals surface area contributed by atoms with Gasteiger partial charge in [0.05, 0.1) is 12.0 Å². The molecule has 7 nitrogen and oxygen atoms in total. The topological polar surface area (TPSA) is 84.9 Å². The molecule has 1 saturated heterocycles. The number of benzene rings is 2. The maximum atomic E-state index is 13.8. The molecule has 0 aromatic heterocycles. The van der Waals surface area contributed by atoms with E-state index >= 15 is 0 Å². The number of thioether (sulfide) groups is 1. The molecule has 2 aromatic rings. The Morgan fingerprint density at radius 2 is 1.84 bits per heavy atom. The summed E-state index contributed by atoms with van der Waals surface area (Å²) < 4.78 is 24.4. The number of hydrogen-bond acceptors (Lipinski definition) is 6. The number of methoxy groups -OCH3 is 1. The fraction of sp³-hybridized carbons (Fsp3) is 0.227. The van der Waals surface area contributed by atoms with E-state index in [1.807, 2.05) is 0 Å². The Bertz CT molecular complexity index is 1010. The molecule has 0 spiro atoms. The third-order valence-corrected chi connectivity index (χ3v) is 5.35. The van der Waals surface area contributed by atoms with Crippen LogP contribution in [0.15, 0.2) is 53.4 Å². The first-order valence-electron chi connectivity index (χ1n) is 9.47. The monoisotopic (exact) mass is 444 g/mol. The SMILES string of the molecule is COc1ccc(O[C@@H](C)C(=O)NCCN2C(=O)S/C(=C\c3ccccc3F)C2=O)cc1. The molecule has 0 saturated carbocycles. The van der Waals surface area contributed by atoms with E-state index in [0.29, 0.717) is 11.5 Å². The molecule has 1 atom stereocenters. The highest BCUT2D eigenvalue weighted by atomic mass is 32.2. The van der Waals surface area contributed by atoms with Gasteiger partial charge in [0.25, 0.3) is 17.1 Å². The zero-order valence-corrected chi connectivity index (χ0v) is 17.8. The fourth-order valence-corrected chi connectivity index (χ4v) is 3.63. The van der Waals surface area contributed by atoms with Crippen molar-refractivity contribution in [1.29, 1.82) is 0 Å². The van der Waals surface area contributed by atoms with Gasteiger partial charge in [-0.2, -0.15) is 0 Å². The molecule has 1 fully saturated rings. The first kappa shape index (κ1) is 22.4. The molecule has 0 radical (unpaired) electrons. The van der Waals surface area contributed by atoms with Gasteiger partial charge in [0.1, 0.15) is 17.3 Å². The minimum absolute atomic E-state index is 0.000272. The summed E-state index contributed by atoms with van der Waals surface area (Å²) in [6.45, 7) is 1.66. The number of carbonyl (C=O) groups excluding carboxylic acids is 3. The number of carbonyl (C=O) groups is 3. The summed E-state index contributed by atoms with van der Waals surface area (Å²) in [6, 6.07) is 12.8. The van der Waals surface area contributed by atoms with Crippen LogP contribution in [0.5, 0.6) is 11.5 Å². The second-order valence-corrected chi connectivity index (χ2v) is 7.57. The molecule has 3 rings (SSSR count). The van der Waals surface area contributed by atoms with Crippen LogP contribution in [0.3, 0.4) is 0 Å². The molecule has 0 bridgehead atoms. The minimum atomic E-state index is -0.774. The van der Waals surface area contributed by atoms with Gasteiger partial charge < -0.3 is 14.8 Å². The Kier molecular flexibility index (Phi) is 7.30. The van der Waals surface area contributed by atoms with Crippen LogP contribution >= 0.6 is 11.8 Å². The van der Waals surface area contributed by atoms with Crippen molar-refractivity contribution in [3.8, 4) is 11.5 Å². The van der Waals surface area contributed by atoms with Crippen LogP contribution in [0.1, 0.15) is 12.5 Å². The molecule has 3 amide bonds. The van der Waals surface area contributed by atoms with E-state index in [2.05, 4.69) is 5.32 Å². The zero-order chi connectivity index (χ0) is 22.4. The number of nitrogens with zero attached hydrogens (tertiary/aromatic N) is 1. The van der Waals surface area contributed by atoms with Crippen LogP contribution in [0.4, 0.5) is 9.18 Å². The van der Waals surface area contributed by atoms with Gasteiger partial charge in [-0.3, -0.25) is 19.3 Å². The average Bonchev–Trinajstić information content (AvgIpc) is 3.03. The van der Waals surface area contributed by atoms with Crippen molar-refractivity contribution < 1.29 is 28.2 Å². The van der Waals surface area contributed by atoms with Gasteiger partial charge in [-0.25, -0.2) is 4.39 Å². The van der Waals surface area contributed by atoms with Gasteiger partial charge in [-0.15, -0.1) is 0 Å². The number of ether oxygens (including phenoxy) is 2. The third kappa shape index (κ3) is 5.64. The molecule has 0 aliphatic carbocycles. The van der Waals surface area contributed by atoms with Crippen molar-refractivity contribution in [2.45, 2.75) is 13.0 Å². The normalized spacial score (nSPS) is 15.8. The first-order valence-corrected chi connectivity index (χ1v) is 10.3. The van der Waals surface area contributed by atoms with Gasteiger partial charge in [0.2, 0.25) is 0 Å². The minimum Gasteiger partial charge on any atom is -0.497 e. The Labute approximate surface area is 183 Å². The van der Waals surface area contributed by atoms with Crippen LogP contribution in [0.25, 0.3) is 6.08 Å². The summed E-state index contributed by atoms with van der Waals surface area (Å²) in [4.78, 5) is 38.0. The molecule has 1 heterocycles. The summed E-state index contributed by atoms with van der Waals surface area (Å²) in [5, 5.41) is 2.18. The number of nitrogens with one attached hydrogen (secondary N) is 1. The van der Waals surface area contributed by atoms with Crippen molar-refractivity contribution in [2.24, 2.45) is 0 Å². The number of halogens is 1.